The Morgan fingerprint density at radius 3 is 2.79 bits per heavy atom. The minimum Gasteiger partial charge on any atom is -0.381 e. The number of imidazole rings is 1. The van der Waals surface area contributed by atoms with Crippen molar-refractivity contribution in [2.45, 2.75) is 44.7 Å². The number of hydrogen-bond donors (Lipinski definition) is 2. The Balaban J connectivity index is 1.19. The van der Waals surface area contributed by atoms with Gasteiger partial charge in [-0.05, 0) is 61.3 Å². The minimum absolute atomic E-state index is 0.0549. The Labute approximate surface area is 221 Å². The predicted molar refractivity (Wildman–Crippen MR) is 145 cm³/mol. The summed E-state index contributed by atoms with van der Waals surface area (Å²) in [6.45, 7) is 5.80. The molecule has 4 aromatic rings. The molecule has 3 aliphatic rings. The maximum Gasteiger partial charge on any atom is 0.274 e. The molecule has 2 N–H and O–H groups in total. The quantitative estimate of drug-likeness (QED) is 0.413. The maximum absolute atomic E-state index is 13.9. The highest BCUT2D eigenvalue weighted by Gasteiger charge is 2.53. The minimum atomic E-state index is -0.184. The molecule has 196 valence electrons. The zero-order valence-electron chi connectivity index (χ0n) is 21.7. The number of aryl methyl sites for hydroxylation is 1. The molecule has 2 aliphatic heterocycles. The summed E-state index contributed by atoms with van der Waals surface area (Å²) >= 11 is 0. The smallest absolute Gasteiger partial charge is 0.274 e. The second-order valence-corrected chi connectivity index (χ2v) is 11.2. The van der Waals surface area contributed by atoms with E-state index in [1.54, 1.807) is 6.20 Å². The van der Waals surface area contributed by atoms with Crippen molar-refractivity contribution in [2.24, 2.45) is 11.8 Å². The number of likely N-dealkylation sites (tertiary alicyclic amines) is 1. The fraction of sp³-hybridized carbons (Fsp3) is 0.433. The van der Waals surface area contributed by atoms with Crippen LogP contribution in [0.5, 0.6) is 0 Å². The molecule has 4 heterocycles. The van der Waals surface area contributed by atoms with Gasteiger partial charge in [-0.15, -0.1) is 0 Å². The zero-order chi connectivity index (χ0) is 25.8. The van der Waals surface area contributed by atoms with Gasteiger partial charge in [-0.1, -0.05) is 30.3 Å². The number of carbonyl (C=O) groups is 1. The van der Waals surface area contributed by atoms with Crippen LogP contribution in [0.4, 0.5) is 0 Å². The van der Waals surface area contributed by atoms with Gasteiger partial charge >= 0.3 is 0 Å². The van der Waals surface area contributed by atoms with Crippen molar-refractivity contribution in [3.05, 3.63) is 81.5 Å². The van der Waals surface area contributed by atoms with Crippen molar-refractivity contribution in [1.29, 1.82) is 0 Å². The Morgan fingerprint density at radius 2 is 1.97 bits per heavy atom. The lowest BCUT2D eigenvalue weighted by molar-refractivity contribution is 0.0704. The van der Waals surface area contributed by atoms with Crippen LogP contribution in [-0.2, 0) is 11.3 Å². The number of fused-ring (bicyclic) bond motifs is 4. The van der Waals surface area contributed by atoms with E-state index < -0.39 is 0 Å². The summed E-state index contributed by atoms with van der Waals surface area (Å²) in [5.74, 6) is 2.39. The Hall–Kier alpha value is -3.49. The van der Waals surface area contributed by atoms with Gasteiger partial charge < -0.3 is 19.9 Å². The van der Waals surface area contributed by atoms with E-state index in [1.807, 2.05) is 29.5 Å². The summed E-state index contributed by atoms with van der Waals surface area (Å²) in [6, 6.07) is 14.5. The lowest BCUT2D eigenvalue weighted by atomic mass is 9.99. The van der Waals surface area contributed by atoms with Crippen LogP contribution in [0, 0.1) is 18.8 Å². The first-order valence-corrected chi connectivity index (χ1v) is 13.8. The van der Waals surface area contributed by atoms with E-state index in [2.05, 4.69) is 44.5 Å². The molecule has 0 bridgehead atoms. The molecular formula is C30H33N5O3. The van der Waals surface area contributed by atoms with Crippen LogP contribution in [0.25, 0.3) is 16.6 Å². The van der Waals surface area contributed by atoms with Gasteiger partial charge in [0.25, 0.3) is 11.5 Å². The van der Waals surface area contributed by atoms with Crippen LogP contribution in [0.2, 0.25) is 0 Å². The Kier molecular flexibility index (Phi) is 5.82. The number of piperidine rings is 1. The SMILES string of the molecule is Cc1cc2c(cc1C(=O)N1CC3CC3C1CNCc1ccccc1)[nH]c(=O)c1cnc(C3CCOCC3)n12. The summed E-state index contributed by atoms with van der Waals surface area (Å²) in [4.78, 5) is 36.6. The normalized spacial score (nSPS) is 23.3. The zero-order valence-corrected chi connectivity index (χ0v) is 21.7. The first kappa shape index (κ1) is 23.6. The number of nitrogens with one attached hydrogen (secondary N) is 2. The van der Waals surface area contributed by atoms with Crippen molar-refractivity contribution in [3.8, 4) is 0 Å². The third-order valence-corrected chi connectivity index (χ3v) is 8.76. The van der Waals surface area contributed by atoms with E-state index in [-0.39, 0.29) is 23.4 Å². The van der Waals surface area contributed by atoms with Crippen molar-refractivity contribution < 1.29 is 9.53 Å². The first-order chi connectivity index (χ1) is 18.6. The van der Waals surface area contributed by atoms with E-state index in [9.17, 15) is 9.59 Å². The number of aromatic amines is 1. The first-order valence-electron chi connectivity index (χ1n) is 13.8. The van der Waals surface area contributed by atoms with Gasteiger partial charge in [-0.3, -0.25) is 14.0 Å². The molecule has 1 aliphatic carbocycles. The third kappa shape index (κ3) is 4.03. The number of rotatable bonds is 6. The molecule has 3 atom stereocenters. The van der Waals surface area contributed by atoms with Crippen molar-refractivity contribution in [2.75, 3.05) is 26.3 Å². The molecular weight excluding hydrogens is 478 g/mol. The summed E-state index contributed by atoms with van der Waals surface area (Å²) in [6.07, 6.45) is 4.65. The van der Waals surface area contributed by atoms with Crippen molar-refractivity contribution in [1.82, 2.24) is 24.6 Å². The molecule has 1 saturated carbocycles. The summed E-state index contributed by atoms with van der Waals surface area (Å²) in [5, 5.41) is 3.58. The molecule has 8 heteroatoms. The van der Waals surface area contributed by atoms with Crippen LogP contribution in [-0.4, -0.2) is 57.5 Å². The monoisotopic (exact) mass is 511 g/mol. The summed E-state index contributed by atoms with van der Waals surface area (Å²) in [7, 11) is 0. The standard InChI is InChI=1S/C30H33N5O3/c1-18-11-25-24(33-29(36)27-16-32-28(35(25)27)20-7-9-38-10-8-20)13-22(18)30(37)34-17-21-12-23(21)26(34)15-31-14-19-5-3-2-4-6-19/h2-6,11,13,16,20-21,23,26,31H,7-10,12,14-15,17H2,1H3,(H,33,36). The predicted octanol–water partition coefficient (Wildman–Crippen LogP) is 3.63. The van der Waals surface area contributed by atoms with E-state index >= 15 is 0 Å². The van der Waals surface area contributed by atoms with Gasteiger partial charge in [0.05, 0.1) is 17.2 Å². The average molecular weight is 512 g/mol. The number of ether oxygens (including phenoxy) is 1. The van der Waals surface area contributed by atoms with Gasteiger partial charge in [0, 0.05) is 50.4 Å². The van der Waals surface area contributed by atoms with Crippen LogP contribution in [0.3, 0.4) is 0 Å². The number of benzene rings is 2. The second-order valence-electron chi connectivity index (χ2n) is 11.2. The van der Waals surface area contributed by atoms with Crippen LogP contribution in [0.1, 0.15) is 52.5 Å². The molecule has 2 saturated heterocycles. The highest BCUT2D eigenvalue weighted by molar-refractivity contribution is 5.99. The Morgan fingerprint density at radius 1 is 1.16 bits per heavy atom. The Bertz CT molecular complexity index is 1570. The lowest BCUT2D eigenvalue weighted by Crippen LogP contribution is -2.44. The van der Waals surface area contributed by atoms with E-state index in [0.717, 1.165) is 49.4 Å². The molecule has 8 nitrogen and oxygen atoms in total. The van der Waals surface area contributed by atoms with Crippen LogP contribution >= 0.6 is 0 Å². The van der Waals surface area contributed by atoms with E-state index in [4.69, 9.17) is 4.74 Å². The van der Waals surface area contributed by atoms with Crippen molar-refractivity contribution in [3.63, 3.8) is 0 Å². The van der Waals surface area contributed by atoms with Gasteiger partial charge in [-0.2, -0.15) is 0 Å². The highest BCUT2D eigenvalue weighted by atomic mass is 16.5. The number of aromatic nitrogens is 3. The maximum atomic E-state index is 13.9. The van der Waals surface area contributed by atoms with Crippen LogP contribution in [0.15, 0.2) is 53.5 Å². The number of nitrogens with zero attached hydrogens (tertiary/aromatic N) is 3. The third-order valence-electron chi connectivity index (χ3n) is 8.76. The molecule has 2 aromatic heterocycles. The van der Waals surface area contributed by atoms with Crippen molar-refractivity contribution >= 4 is 22.5 Å². The molecule has 2 aromatic carbocycles. The average Bonchev–Trinajstić information content (AvgIpc) is 3.40. The van der Waals surface area contributed by atoms with Gasteiger partial charge in [0.15, 0.2) is 0 Å². The highest BCUT2D eigenvalue weighted by Crippen LogP contribution is 2.49. The number of carbonyl (C=O) groups excluding carboxylic acids is 1. The summed E-state index contributed by atoms with van der Waals surface area (Å²) in [5.41, 5.74) is 4.74. The molecule has 7 rings (SSSR count). The largest absolute Gasteiger partial charge is 0.381 e. The molecule has 3 unspecified atom stereocenters. The molecule has 3 fully saturated rings. The van der Waals surface area contributed by atoms with Gasteiger partial charge in [-0.25, -0.2) is 4.98 Å². The summed E-state index contributed by atoms with van der Waals surface area (Å²) < 4.78 is 7.54. The number of H-pyrrole nitrogens is 1. The van der Waals surface area contributed by atoms with Crippen LogP contribution < -0.4 is 10.9 Å². The fourth-order valence-corrected chi connectivity index (χ4v) is 6.60. The topological polar surface area (TPSA) is 91.7 Å². The fourth-order valence-electron chi connectivity index (χ4n) is 6.60. The van der Waals surface area contributed by atoms with Gasteiger partial charge in [0.2, 0.25) is 0 Å². The van der Waals surface area contributed by atoms with Gasteiger partial charge in [0.1, 0.15) is 11.3 Å². The molecule has 1 amide bonds. The van der Waals surface area contributed by atoms with E-state index in [0.29, 0.717) is 41.6 Å². The number of hydrogen-bond acceptors (Lipinski definition) is 5. The number of amides is 1. The van der Waals surface area contributed by atoms with E-state index in [1.165, 1.54) is 12.0 Å². The molecule has 38 heavy (non-hydrogen) atoms. The molecule has 0 spiro atoms. The second kappa shape index (κ2) is 9.36. The lowest BCUT2D eigenvalue weighted by Gasteiger charge is -2.29. The molecule has 0 radical (unpaired) electrons.